The first-order valence-corrected chi connectivity index (χ1v) is 3.56. The Hall–Kier alpha value is -0.740. The van der Waals surface area contributed by atoms with Crippen LogP contribution in [0.5, 0.6) is 0 Å². The van der Waals surface area contributed by atoms with E-state index in [1.165, 1.54) is 18.2 Å². The van der Waals surface area contributed by atoms with Crippen LogP contribution in [0.3, 0.4) is 0 Å². The molecule has 0 unspecified atom stereocenters. The summed E-state index contributed by atoms with van der Waals surface area (Å²) in [7, 11) is 0. The molecule has 0 aromatic heterocycles. The first kappa shape index (κ1) is 8.36. The lowest BCUT2D eigenvalue weighted by Gasteiger charge is -1.94. The molecule has 0 saturated carbocycles. The first-order chi connectivity index (χ1) is 5.11. The Kier molecular flexibility index (Phi) is 2.36. The van der Waals surface area contributed by atoms with Gasteiger partial charge in [0, 0.05) is 11.1 Å². The van der Waals surface area contributed by atoms with Gasteiger partial charge in [-0.25, -0.2) is 0 Å². The Morgan fingerprint density at radius 2 is 2.18 bits per heavy atom. The highest BCUT2D eigenvalue weighted by Gasteiger charge is 2.09. The summed E-state index contributed by atoms with van der Waals surface area (Å²) in [6, 6.07) is 4.22. The van der Waals surface area contributed by atoms with Gasteiger partial charge in [0.15, 0.2) is 0 Å². The minimum absolute atomic E-state index is 0.0299. The molecule has 0 heterocycles. The molecule has 1 aromatic carbocycles. The van der Waals surface area contributed by atoms with Gasteiger partial charge in [-0.2, -0.15) is 0 Å². The minimum atomic E-state index is -0.501. The van der Waals surface area contributed by atoms with E-state index in [2.05, 4.69) is 12.6 Å². The lowest BCUT2D eigenvalue weighted by Crippen LogP contribution is -1.88. The lowest BCUT2D eigenvalue weighted by atomic mass is 10.3. The number of nitro groups is 1. The van der Waals surface area contributed by atoms with Crippen LogP contribution in [-0.2, 0) is 0 Å². The van der Waals surface area contributed by atoms with Crippen LogP contribution >= 0.6 is 24.2 Å². The summed E-state index contributed by atoms with van der Waals surface area (Å²) in [6.45, 7) is 0. The molecule has 1 rings (SSSR count). The summed E-state index contributed by atoms with van der Waals surface area (Å²) in [5.74, 6) is 0. The monoisotopic (exact) mass is 189 g/mol. The van der Waals surface area contributed by atoms with Crippen molar-refractivity contribution >= 4 is 29.9 Å². The van der Waals surface area contributed by atoms with E-state index in [9.17, 15) is 10.1 Å². The van der Waals surface area contributed by atoms with E-state index in [0.29, 0.717) is 5.02 Å². The predicted molar refractivity (Wildman–Crippen MR) is 45.4 cm³/mol. The molecule has 0 N–H and O–H groups in total. The molecule has 5 heteroatoms. The summed E-state index contributed by atoms with van der Waals surface area (Å²) >= 11 is 9.43. The van der Waals surface area contributed by atoms with Crippen molar-refractivity contribution in [3.8, 4) is 0 Å². The zero-order valence-electron chi connectivity index (χ0n) is 5.32. The number of hydrogen-bond acceptors (Lipinski definition) is 3. The molecule has 0 fully saturated rings. The number of nitrogens with zero attached hydrogens (tertiary/aromatic N) is 1. The van der Waals surface area contributed by atoms with Crippen molar-refractivity contribution in [2.75, 3.05) is 0 Å². The van der Waals surface area contributed by atoms with Crippen LogP contribution in [0.25, 0.3) is 0 Å². The second-order valence-electron chi connectivity index (χ2n) is 1.89. The van der Waals surface area contributed by atoms with Crippen molar-refractivity contribution in [1.29, 1.82) is 0 Å². The minimum Gasteiger partial charge on any atom is -0.258 e. The molecule has 0 aliphatic carbocycles. The van der Waals surface area contributed by atoms with Crippen molar-refractivity contribution in [3.63, 3.8) is 0 Å². The summed E-state index contributed by atoms with van der Waals surface area (Å²) < 4.78 is 0. The topological polar surface area (TPSA) is 43.1 Å². The zero-order chi connectivity index (χ0) is 8.43. The highest BCUT2D eigenvalue weighted by Crippen LogP contribution is 2.25. The van der Waals surface area contributed by atoms with E-state index in [1.807, 2.05) is 0 Å². The standard InChI is InChI=1S/C6H4ClNO2S/c7-4-1-2-5(8(9)10)6(11)3-4/h1-3,11H. The molecule has 0 amide bonds. The van der Waals surface area contributed by atoms with E-state index >= 15 is 0 Å². The van der Waals surface area contributed by atoms with Gasteiger partial charge in [-0.15, -0.1) is 12.6 Å². The van der Waals surface area contributed by atoms with Gasteiger partial charge >= 0.3 is 0 Å². The summed E-state index contributed by atoms with van der Waals surface area (Å²) in [6.07, 6.45) is 0. The van der Waals surface area contributed by atoms with Crippen LogP contribution in [0.15, 0.2) is 23.1 Å². The van der Waals surface area contributed by atoms with Crippen molar-refractivity contribution in [2.24, 2.45) is 0 Å². The Bertz CT molecular complexity index is 303. The summed E-state index contributed by atoms with van der Waals surface area (Å²) in [5, 5.41) is 10.7. The third-order valence-corrected chi connectivity index (χ3v) is 1.73. The predicted octanol–water partition coefficient (Wildman–Crippen LogP) is 2.54. The Morgan fingerprint density at radius 1 is 1.55 bits per heavy atom. The SMILES string of the molecule is O=[N+]([O-])c1ccc(Cl)cc1S. The molecule has 0 atom stereocenters. The molecule has 0 spiro atoms. The van der Waals surface area contributed by atoms with Crippen molar-refractivity contribution < 1.29 is 4.92 Å². The van der Waals surface area contributed by atoms with E-state index in [0.717, 1.165) is 0 Å². The number of hydrogen-bond donors (Lipinski definition) is 1. The number of benzene rings is 1. The second-order valence-corrected chi connectivity index (χ2v) is 2.81. The first-order valence-electron chi connectivity index (χ1n) is 2.74. The highest BCUT2D eigenvalue weighted by molar-refractivity contribution is 7.80. The van der Waals surface area contributed by atoms with Crippen molar-refractivity contribution in [3.05, 3.63) is 33.3 Å². The molecule has 1 aromatic rings. The fourth-order valence-electron chi connectivity index (χ4n) is 0.651. The number of thiol groups is 1. The molecule has 0 aliphatic heterocycles. The van der Waals surface area contributed by atoms with Gasteiger partial charge in [-0.3, -0.25) is 10.1 Å². The van der Waals surface area contributed by atoms with Crippen LogP contribution in [-0.4, -0.2) is 4.92 Å². The zero-order valence-corrected chi connectivity index (χ0v) is 6.97. The van der Waals surface area contributed by atoms with Crippen LogP contribution in [0.4, 0.5) is 5.69 Å². The van der Waals surface area contributed by atoms with E-state index < -0.39 is 4.92 Å². The molecular weight excluding hydrogens is 186 g/mol. The van der Waals surface area contributed by atoms with Crippen LogP contribution < -0.4 is 0 Å². The summed E-state index contributed by atoms with van der Waals surface area (Å²) in [5.41, 5.74) is -0.0299. The second kappa shape index (κ2) is 3.11. The van der Waals surface area contributed by atoms with Gasteiger partial charge in [0.2, 0.25) is 0 Å². The van der Waals surface area contributed by atoms with Gasteiger partial charge in [0.1, 0.15) is 0 Å². The molecule has 0 bridgehead atoms. The average Bonchev–Trinajstić information content (AvgIpc) is 1.85. The normalized spacial score (nSPS) is 9.64. The molecule has 0 saturated heterocycles. The number of nitro benzene ring substituents is 1. The van der Waals surface area contributed by atoms with E-state index in [4.69, 9.17) is 11.6 Å². The number of rotatable bonds is 1. The molecule has 3 nitrogen and oxygen atoms in total. The summed E-state index contributed by atoms with van der Waals surface area (Å²) in [4.78, 5) is 10.0. The Balaban J connectivity index is 3.20. The van der Waals surface area contributed by atoms with Crippen molar-refractivity contribution in [1.82, 2.24) is 0 Å². The molecule has 0 radical (unpaired) electrons. The van der Waals surface area contributed by atoms with Crippen molar-refractivity contribution in [2.45, 2.75) is 4.90 Å². The Morgan fingerprint density at radius 3 is 2.64 bits per heavy atom. The highest BCUT2D eigenvalue weighted by atomic mass is 35.5. The van der Waals surface area contributed by atoms with E-state index in [1.54, 1.807) is 0 Å². The molecular formula is C6H4ClNO2S. The fourth-order valence-corrected chi connectivity index (χ4v) is 1.19. The largest absolute Gasteiger partial charge is 0.282 e. The molecule has 0 aliphatic rings. The van der Waals surface area contributed by atoms with E-state index in [-0.39, 0.29) is 10.6 Å². The number of halogens is 1. The Labute approximate surface area is 73.5 Å². The fraction of sp³-hybridized carbons (Fsp3) is 0. The van der Waals surface area contributed by atoms with Crippen LogP contribution in [0, 0.1) is 10.1 Å². The van der Waals surface area contributed by atoms with Gasteiger partial charge in [-0.1, -0.05) is 11.6 Å². The smallest absolute Gasteiger partial charge is 0.258 e. The maximum atomic E-state index is 10.2. The quantitative estimate of drug-likeness (QED) is 0.419. The van der Waals surface area contributed by atoms with Crippen LogP contribution in [0.1, 0.15) is 0 Å². The third-order valence-electron chi connectivity index (χ3n) is 1.13. The maximum Gasteiger partial charge on any atom is 0.282 e. The molecule has 11 heavy (non-hydrogen) atoms. The van der Waals surface area contributed by atoms with Gasteiger partial charge in [-0.05, 0) is 12.1 Å². The average molecular weight is 190 g/mol. The van der Waals surface area contributed by atoms with Crippen LogP contribution in [0.2, 0.25) is 5.02 Å². The lowest BCUT2D eigenvalue weighted by molar-refractivity contribution is -0.387. The maximum absolute atomic E-state index is 10.2. The van der Waals surface area contributed by atoms with Gasteiger partial charge < -0.3 is 0 Å². The third kappa shape index (κ3) is 1.85. The molecule has 58 valence electrons. The van der Waals surface area contributed by atoms with Gasteiger partial charge in [0.25, 0.3) is 5.69 Å². The van der Waals surface area contributed by atoms with Gasteiger partial charge in [0.05, 0.1) is 9.82 Å².